The van der Waals surface area contributed by atoms with Crippen molar-refractivity contribution in [1.29, 1.82) is 0 Å². The average molecular weight is 259 g/mol. The van der Waals surface area contributed by atoms with Crippen LogP contribution in [-0.4, -0.2) is 16.3 Å². The maximum Gasteiger partial charge on any atom is 0.187 e. The maximum absolute atomic E-state index is 11.7. The van der Waals surface area contributed by atoms with Crippen LogP contribution in [-0.2, 0) is 6.61 Å². The zero-order valence-corrected chi connectivity index (χ0v) is 11.1. The summed E-state index contributed by atoms with van der Waals surface area (Å²) in [6, 6.07) is 9.14. The molecule has 0 aliphatic carbocycles. The number of aliphatic hydroxyl groups is 1. The second-order valence-corrected chi connectivity index (χ2v) is 4.23. The van der Waals surface area contributed by atoms with Gasteiger partial charge in [-0.1, -0.05) is 12.1 Å². The van der Waals surface area contributed by atoms with Crippen molar-refractivity contribution in [2.75, 3.05) is 6.61 Å². The van der Waals surface area contributed by atoms with Gasteiger partial charge in [-0.25, -0.2) is 0 Å². The number of ether oxygens (including phenoxy) is 1. The quantitative estimate of drug-likeness (QED) is 0.914. The largest absolute Gasteiger partial charge is 0.492 e. The van der Waals surface area contributed by atoms with Crippen LogP contribution >= 0.6 is 0 Å². The van der Waals surface area contributed by atoms with E-state index in [0.717, 1.165) is 17.1 Å². The van der Waals surface area contributed by atoms with E-state index in [1.807, 2.05) is 42.7 Å². The predicted molar refractivity (Wildman–Crippen MR) is 73.9 cm³/mol. The molecule has 2 aromatic rings. The summed E-state index contributed by atoms with van der Waals surface area (Å²) in [7, 11) is 0. The number of hydrogen-bond donors (Lipinski definition) is 1. The number of para-hydroxylation sites is 2. The molecule has 100 valence electrons. The summed E-state index contributed by atoms with van der Waals surface area (Å²) in [6.45, 7) is 4.08. The molecule has 1 aromatic carbocycles. The van der Waals surface area contributed by atoms with Gasteiger partial charge >= 0.3 is 0 Å². The molecule has 1 heterocycles. The van der Waals surface area contributed by atoms with Crippen molar-refractivity contribution in [1.82, 2.24) is 4.57 Å². The Morgan fingerprint density at radius 2 is 2.05 bits per heavy atom. The van der Waals surface area contributed by atoms with E-state index >= 15 is 0 Å². The van der Waals surface area contributed by atoms with Crippen LogP contribution in [0.25, 0.3) is 5.69 Å². The number of rotatable bonds is 4. The zero-order chi connectivity index (χ0) is 13.8. The highest BCUT2D eigenvalue weighted by Crippen LogP contribution is 2.23. The number of benzene rings is 1. The minimum atomic E-state index is -0.268. The molecule has 0 radical (unpaired) electrons. The molecule has 0 saturated heterocycles. The molecule has 1 N–H and O–H groups in total. The summed E-state index contributed by atoms with van der Waals surface area (Å²) in [5.41, 5.74) is 1.88. The third-order valence-electron chi connectivity index (χ3n) is 2.92. The predicted octanol–water partition coefficient (Wildman–Crippen LogP) is 2.04. The van der Waals surface area contributed by atoms with E-state index in [2.05, 4.69) is 0 Å². The van der Waals surface area contributed by atoms with Crippen molar-refractivity contribution in [2.45, 2.75) is 20.5 Å². The number of nitrogens with zero attached hydrogens (tertiary/aromatic N) is 1. The minimum Gasteiger partial charge on any atom is -0.492 e. The Hall–Kier alpha value is -2.07. The Morgan fingerprint density at radius 3 is 2.74 bits per heavy atom. The summed E-state index contributed by atoms with van der Waals surface area (Å²) in [5, 5.41) is 9.21. The number of pyridine rings is 1. The molecule has 0 aliphatic heterocycles. The molecular formula is C15H17NO3. The van der Waals surface area contributed by atoms with Gasteiger partial charge in [0.15, 0.2) is 5.43 Å². The third kappa shape index (κ3) is 2.69. The monoisotopic (exact) mass is 259 g/mol. The van der Waals surface area contributed by atoms with E-state index < -0.39 is 0 Å². The van der Waals surface area contributed by atoms with Crippen molar-refractivity contribution in [3.05, 3.63) is 58.0 Å². The van der Waals surface area contributed by atoms with Crippen LogP contribution in [0.2, 0.25) is 0 Å². The summed E-state index contributed by atoms with van der Waals surface area (Å²) in [4.78, 5) is 11.7. The van der Waals surface area contributed by atoms with Gasteiger partial charge in [-0.2, -0.15) is 0 Å². The molecule has 0 bridgehead atoms. The van der Waals surface area contributed by atoms with Crippen LogP contribution in [0.1, 0.15) is 18.2 Å². The summed E-state index contributed by atoms with van der Waals surface area (Å²) >= 11 is 0. The minimum absolute atomic E-state index is 0.148. The van der Waals surface area contributed by atoms with Crippen molar-refractivity contribution >= 4 is 0 Å². The molecule has 0 spiro atoms. The first-order chi connectivity index (χ1) is 9.17. The van der Waals surface area contributed by atoms with Crippen LogP contribution in [0.15, 0.2) is 41.3 Å². The number of hydrogen-bond acceptors (Lipinski definition) is 3. The molecule has 0 amide bonds. The molecule has 0 fully saturated rings. The molecule has 0 unspecified atom stereocenters. The van der Waals surface area contributed by atoms with Gasteiger partial charge in [-0.05, 0) is 26.0 Å². The van der Waals surface area contributed by atoms with E-state index in [-0.39, 0.29) is 12.0 Å². The fourth-order valence-electron chi connectivity index (χ4n) is 1.99. The maximum atomic E-state index is 11.7. The molecule has 4 heteroatoms. The Kier molecular flexibility index (Phi) is 4.02. The number of aryl methyl sites for hydroxylation is 1. The normalized spacial score (nSPS) is 10.5. The van der Waals surface area contributed by atoms with E-state index in [1.165, 1.54) is 6.07 Å². The Labute approximate surface area is 111 Å². The van der Waals surface area contributed by atoms with Gasteiger partial charge in [0.25, 0.3) is 0 Å². The molecule has 2 rings (SSSR count). The first kappa shape index (κ1) is 13.4. The number of aromatic nitrogens is 1. The second-order valence-electron chi connectivity index (χ2n) is 4.23. The average Bonchev–Trinajstić information content (AvgIpc) is 2.40. The standard InChI is InChI=1S/C15H17NO3/c1-3-19-15-7-5-4-6-13(15)16-9-12(10-17)14(18)8-11(16)2/h4-9,17H,3,10H2,1-2H3. The molecule has 0 saturated carbocycles. The van der Waals surface area contributed by atoms with Crippen LogP contribution in [0.5, 0.6) is 5.75 Å². The second kappa shape index (κ2) is 5.71. The van der Waals surface area contributed by atoms with Gasteiger partial charge < -0.3 is 14.4 Å². The Morgan fingerprint density at radius 1 is 1.32 bits per heavy atom. The van der Waals surface area contributed by atoms with E-state index in [1.54, 1.807) is 6.20 Å². The van der Waals surface area contributed by atoms with Gasteiger partial charge in [-0.15, -0.1) is 0 Å². The lowest BCUT2D eigenvalue weighted by Crippen LogP contribution is -2.14. The zero-order valence-electron chi connectivity index (χ0n) is 11.1. The first-order valence-corrected chi connectivity index (χ1v) is 6.22. The topological polar surface area (TPSA) is 51.5 Å². The molecule has 4 nitrogen and oxygen atoms in total. The van der Waals surface area contributed by atoms with E-state index in [9.17, 15) is 9.90 Å². The lowest BCUT2D eigenvalue weighted by atomic mass is 10.2. The first-order valence-electron chi connectivity index (χ1n) is 6.22. The van der Waals surface area contributed by atoms with Gasteiger partial charge in [0, 0.05) is 23.5 Å². The smallest absolute Gasteiger partial charge is 0.187 e. The highest BCUT2D eigenvalue weighted by molar-refractivity contribution is 5.48. The summed E-state index contributed by atoms with van der Waals surface area (Å²) < 4.78 is 7.45. The molecular weight excluding hydrogens is 242 g/mol. The fourth-order valence-corrected chi connectivity index (χ4v) is 1.99. The van der Waals surface area contributed by atoms with Crippen molar-refractivity contribution in [2.24, 2.45) is 0 Å². The molecule has 19 heavy (non-hydrogen) atoms. The van der Waals surface area contributed by atoms with Gasteiger partial charge in [0.05, 0.1) is 18.9 Å². The molecule has 0 atom stereocenters. The number of aliphatic hydroxyl groups excluding tert-OH is 1. The van der Waals surface area contributed by atoms with Crippen molar-refractivity contribution < 1.29 is 9.84 Å². The lowest BCUT2D eigenvalue weighted by Gasteiger charge is -2.16. The van der Waals surface area contributed by atoms with Gasteiger partial charge in [0.1, 0.15) is 5.75 Å². The highest BCUT2D eigenvalue weighted by atomic mass is 16.5. The van der Waals surface area contributed by atoms with Crippen molar-refractivity contribution in [3.63, 3.8) is 0 Å². The Bertz CT molecular complexity index is 632. The summed E-state index contributed by atoms with van der Waals surface area (Å²) in [6.07, 6.45) is 1.66. The molecule has 0 aliphatic rings. The van der Waals surface area contributed by atoms with Gasteiger partial charge in [0.2, 0.25) is 0 Å². The van der Waals surface area contributed by atoms with Crippen LogP contribution in [0, 0.1) is 6.92 Å². The fraction of sp³-hybridized carbons (Fsp3) is 0.267. The summed E-state index contributed by atoms with van der Waals surface area (Å²) in [5.74, 6) is 0.751. The van der Waals surface area contributed by atoms with Crippen LogP contribution in [0.4, 0.5) is 0 Å². The molecule has 1 aromatic heterocycles. The highest BCUT2D eigenvalue weighted by Gasteiger charge is 2.09. The van der Waals surface area contributed by atoms with Crippen molar-refractivity contribution in [3.8, 4) is 11.4 Å². The van der Waals surface area contributed by atoms with Crippen LogP contribution < -0.4 is 10.2 Å². The van der Waals surface area contributed by atoms with Gasteiger partial charge in [-0.3, -0.25) is 4.79 Å². The van der Waals surface area contributed by atoms with E-state index in [4.69, 9.17) is 4.74 Å². The lowest BCUT2D eigenvalue weighted by molar-refractivity contribution is 0.280. The third-order valence-corrected chi connectivity index (χ3v) is 2.92. The van der Waals surface area contributed by atoms with E-state index in [0.29, 0.717) is 12.2 Å². The van der Waals surface area contributed by atoms with Crippen LogP contribution in [0.3, 0.4) is 0 Å². The Balaban J connectivity index is 2.61. The SMILES string of the molecule is CCOc1ccccc1-n1cc(CO)c(=O)cc1C.